The number of cyclic esters (lactones) is 1. The number of anilines is 2. The van der Waals surface area contributed by atoms with Gasteiger partial charge in [-0.25, -0.2) is 9.18 Å². The third kappa shape index (κ3) is 6.37. The second-order valence-electron chi connectivity index (χ2n) is 10.3. The van der Waals surface area contributed by atoms with E-state index in [2.05, 4.69) is 18.3 Å². The van der Waals surface area contributed by atoms with Crippen LogP contribution in [-0.2, 0) is 14.3 Å². The van der Waals surface area contributed by atoms with Crippen molar-refractivity contribution in [3.63, 3.8) is 0 Å². The van der Waals surface area contributed by atoms with Crippen LogP contribution in [-0.4, -0.2) is 61.6 Å². The number of thioether (sulfide) groups is 1. The van der Waals surface area contributed by atoms with E-state index in [1.54, 1.807) is 12.1 Å². The van der Waals surface area contributed by atoms with Crippen molar-refractivity contribution >= 4 is 40.9 Å². The molecule has 0 saturated carbocycles. The lowest BCUT2D eigenvalue weighted by atomic mass is 9.71. The van der Waals surface area contributed by atoms with Gasteiger partial charge in [0.15, 0.2) is 0 Å². The molecule has 200 valence electrons. The number of halogens is 1. The molecule has 1 aromatic rings. The molecule has 2 heterocycles. The fraction of sp³-hybridized carbons (Fsp3) is 0.536. The Morgan fingerprint density at radius 1 is 1.22 bits per heavy atom. The summed E-state index contributed by atoms with van der Waals surface area (Å²) in [5.74, 6) is 0.967. The van der Waals surface area contributed by atoms with Gasteiger partial charge in [-0.1, -0.05) is 50.6 Å². The molecule has 2 amide bonds. The number of nitrogens with zero attached hydrogens (tertiary/aromatic N) is 2. The molecule has 2 saturated heterocycles. The Balaban J connectivity index is 1.29. The van der Waals surface area contributed by atoms with Crippen molar-refractivity contribution < 1.29 is 23.5 Å². The van der Waals surface area contributed by atoms with E-state index in [9.17, 15) is 18.8 Å². The van der Waals surface area contributed by atoms with Crippen molar-refractivity contribution in [2.75, 3.05) is 47.5 Å². The quantitative estimate of drug-likeness (QED) is 0.499. The number of rotatable bonds is 9. The molecule has 7 nitrogen and oxygen atoms in total. The maximum atomic E-state index is 14.8. The first kappa shape index (κ1) is 27.2. The Hall–Kier alpha value is -2.81. The molecule has 0 radical (unpaired) electrons. The highest BCUT2D eigenvalue weighted by Gasteiger charge is 2.36. The molecule has 2 fully saturated rings. The summed E-state index contributed by atoms with van der Waals surface area (Å²) >= 11 is 1.83. The summed E-state index contributed by atoms with van der Waals surface area (Å²) in [7, 11) is 0. The molecule has 9 heteroatoms. The van der Waals surface area contributed by atoms with Gasteiger partial charge in [0.25, 0.3) is 0 Å². The molecule has 0 aromatic heterocycles. The number of carbonyl (C=O) groups is 3. The number of carbonyl (C=O) groups excluding carboxylic acids is 3. The fourth-order valence-electron chi connectivity index (χ4n) is 5.18. The first-order valence-corrected chi connectivity index (χ1v) is 14.1. The maximum Gasteiger partial charge on any atom is 0.414 e. The first-order valence-electron chi connectivity index (χ1n) is 13.0. The van der Waals surface area contributed by atoms with Crippen molar-refractivity contribution in [2.24, 2.45) is 11.3 Å². The van der Waals surface area contributed by atoms with E-state index < -0.39 is 12.2 Å². The minimum Gasteiger partial charge on any atom is -0.442 e. The van der Waals surface area contributed by atoms with Crippen LogP contribution in [0.1, 0.15) is 40.0 Å². The van der Waals surface area contributed by atoms with Crippen LogP contribution in [0.5, 0.6) is 0 Å². The van der Waals surface area contributed by atoms with E-state index >= 15 is 0 Å². The summed E-state index contributed by atoms with van der Waals surface area (Å²) in [5, 5.41) is 2.79. The van der Waals surface area contributed by atoms with Crippen LogP contribution in [0.25, 0.3) is 0 Å². The third-order valence-electron chi connectivity index (χ3n) is 7.20. The van der Waals surface area contributed by atoms with Crippen LogP contribution in [0.3, 0.4) is 0 Å². The molecule has 37 heavy (non-hydrogen) atoms. The van der Waals surface area contributed by atoms with Gasteiger partial charge in [0.1, 0.15) is 17.7 Å². The second kappa shape index (κ2) is 11.7. The lowest BCUT2D eigenvalue weighted by molar-refractivity contribution is -0.128. The Bertz CT molecular complexity index is 1100. The lowest BCUT2D eigenvalue weighted by Crippen LogP contribution is -2.37. The molecule has 0 spiro atoms. The monoisotopic (exact) mass is 529 g/mol. The highest BCUT2D eigenvalue weighted by Crippen LogP contribution is 2.37. The summed E-state index contributed by atoms with van der Waals surface area (Å²) < 4.78 is 20.3. The fourth-order valence-corrected chi connectivity index (χ4v) is 6.08. The van der Waals surface area contributed by atoms with Crippen molar-refractivity contribution in [2.45, 2.75) is 46.1 Å². The molecule has 1 N–H and O–H groups in total. The largest absolute Gasteiger partial charge is 0.442 e. The Kier molecular flexibility index (Phi) is 8.62. The standard InChI is InChI=1S/C28H36FN3O4S/c1-4-19-8-9-21(28(2,3)16-19)24(33)10-11-25(34)30-17-20-18-32(27(35)36-20)23-7-5-6-22(29)26(23)31-12-14-37-15-13-31/h5-9,16,20-21H,4,10-15,17-18H2,1-3H3,(H,30,34)/t20?,21-/m1/s1. The van der Waals surface area contributed by atoms with Crippen LogP contribution in [0.4, 0.5) is 20.6 Å². The van der Waals surface area contributed by atoms with Gasteiger partial charge in [0.05, 0.1) is 24.5 Å². The van der Waals surface area contributed by atoms with E-state index in [1.807, 2.05) is 42.7 Å². The molecule has 4 rings (SSSR count). The van der Waals surface area contributed by atoms with Crippen molar-refractivity contribution in [1.29, 1.82) is 0 Å². The van der Waals surface area contributed by atoms with Crippen molar-refractivity contribution in [1.82, 2.24) is 5.32 Å². The van der Waals surface area contributed by atoms with Crippen LogP contribution in [0.15, 0.2) is 42.0 Å². The smallest absolute Gasteiger partial charge is 0.414 e. The van der Waals surface area contributed by atoms with E-state index in [4.69, 9.17) is 4.74 Å². The number of ether oxygens (including phenoxy) is 1. The van der Waals surface area contributed by atoms with Crippen molar-refractivity contribution in [3.8, 4) is 0 Å². The summed E-state index contributed by atoms with van der Waals surface area (Å²) in [5.41, 5.74) is 1.84. The molecule has 2 atom stereocenters. The van der Waals surface area contributed by atoms with Gasteiger partial charge in [0, 0.05) is 43.4 Å². The number of hydrogen-bond donors (Lipinski definition) is 1. The molecular formula is C28H36FN3O4S. The van der Waals surface area contributed by atoms with E-state index in [0.717, 1.165) is 17.9 Å². The Labute approximate surface area is 222 Å². The zero-order chi connectivity index (χ0) is 26.6. The van der Waals surface area contributed by atoms with Gasteiger partial charge in [-0.15, -0.1) is 0 Å². The van der Waals surface area contributed by atoms with Crippen LogP contribution in [0.2, 0.25) is 0 Å². The lowest BCUT2D eigenvalue weighted by Gasteiger charge is -2.32. The zero-order valence-electron chi connectivity index (χ0n) is 21.8. The number of nitrogens with one attached hydrogen (secondary N) is 1. The number of allylic oxidation sites excluding steroid dienone is 4. The van der Waals surface area contributed by atoms with Gasteiger partial charge in [0.2, 0.25) is 5.91 Å². The highest BCUT2D eigenvalue weighted by molar-refractivity contribution is 7.99. The predicted molar refractivity (Wildman–Crippen MR) is 146 cm³/mol. The Morgan fingerprint density at radius 2 is 1.97 bits per heavy atom. The summed E-state index contributed by atoms with van der Waals surface area (Å²) in [6, 6.07) is 4.73. The first-order chi connectivity index (χ1) is 17.7. The SMILES string of the molecule is CCC1=CC(C)(C)[C@@H](C(=O)CCC(=O)NCC2CN(c3cccc(F)c3N3CCSCC3)C(=O)O2)C=C1. The third-order valence-corrected chi connectivity index (χ3v) is 8.14. The number of amides is 2. The molecular weight excluding hydrogens is 493 g/mol. The number of Topliss-reactive ketones (excluding diaryl/α,β-unsaturated/α-hetero) is 1. The van der Waals surface area contributed by atoms with Crippen molar-refractivity contribution in [3.05, 3.63) is 47.8 Å². The predicted octanol–water partition coefficient (Wildman–Crippen LogP) is 4.72. The van der Waals surface area contributed by atoms with Gasteiger partial charge < -0.3 is 15.0 Å². The number of hydrogen-bond acceptors (Lipinski definition) is 6. The molecule has 0 bridgehead atoms. The minimum absolute atomic E-state index is 0.0380. The summed E-state index contributed by atoms with van der Waals surface area (Å²) in [4.78, 5) is 41.4. The number of benzene rings is 1. The average molecular weight is 530 g/mol. The van der Waals surface area contributed by atoms with E-state index in [-0.39, 0.29) is 54.8 Å². The topological polar surface area (TPSA) is 79.0 Å². The second-order valence-corrected chi connectivity index (χ2v) is 11.5. The molecule has 1 aromatic carbocycles. The average Bonchev–Trinajstić information content (AvgIpc) is 3.25. The maximum absolute atomic E-state index is 14.8. The van der Waals surface area contributed by atoms with E-state index in [1.165, 1.54) is 16.5 Å². The molecule has 2 aliphatic heterocycles. The zero-order valence-corrected chi connectivity index (χ0v) is 22.6. The van der Waals surface area contributed by atoms with Crippen LogP contribution in [0, 0.1) is 17.2 Å². The van der Waals surface area contributed by atoms with Gasteiger partial charge >= 0.3 is 6.09 Å². The minimum atomic E-state index is -0.557. The van der Waals surface area contributed by atoms with Gasteiger partial charge in [-0.3, -0.25) is 14.5 Å². The summed E-state index contributed by atoms with van der Waals surface area (Å²) in [6.07, 6.45) is 6.13. The highest BCUT2D eigenvalue weighted by atomic mass is 32.2. The molecule has 1 aliphatic carbocycles. The Morgan fingerprint density at radius 3 is 2.68 bits per heavy atom. The number of ketones is 1. The van der Waals surface area contributed by atoms with Crippen LogP contribution < -0.4 is 15.1 Å². The number of para-hydroxylation sites is 1. The normalized spacial score (nSPS) is 23.0. The molecule has 1 unspecified atom stereocenters. The van der Waals surface area contributed by atoms with Gasteiger partial charge in [-0.05, 0) is 24.0 Å². The van der Waals surface area contributed by atoms with Gasteiger partial charge in [-0.2, -0.15) is 11.8 Å². The molecule has 3 aliphatic rings. The van der Waals surface area contributed by atoms with Crippen LogP contribution >= 0.6 is 11.8 Å². The summed E-state index contributed by atoms with van der Waals surface area (Å²) in [6.45, 7) is 7.95. The van der Waals surface area contributed by atoms with E-state index in [0.29, 0.717) is 24.5 Å².